The Labute approximate surface area is 201 Å². The van der Waals surface area contributed by atoms with Gasteiger partial charge in [0.1, 0.15) is 18.0 Å². The second-order valence-corrected chi connectivity index (χ2v) is 9.09. The lowest BCUT2D eigenvalue weighted by atomic mass is 10.1. The van der Waals surface area contributed by atoms with E-state index in [1.165, 1.54) is 10.8 Å². The number of fused-ring (bicyclic) bond motifs is 1. The number of imide groups is 1. The first-order valence-corrected chi connectivity index (χ1v) is 11.0. The number of carbonyl (C=O) groups is 4. The summed E-state index contributed by atoms with van der Waals surface area (Å²) in [6, 6.07) is 13.0. The van der Waals surface area contributed by atoms with Gasteiger partial charge >= 0.3 is 5.97 Å². The van der Waals surface area contributed by atoms with Crippen molar-refractivity contribution in [2.75, 3.05) is 0 Å². The molecule has 2 heterocycles. The van der Waals surface area contributed by atoms with E-state index in [1.54, 1.807) is 39.0 Å². The number of ether oxygens (including phenoxy) is 2. The van der Waals surface area contributed by atoms with Gasteiger partial charge in [-0.15, -0.1) is 0 Å². The fourth-order valence-corrected chi connectivity index (χ4v) is 3.66. The van der Waals surface area contributed by atoms with E-state index >= 15 is 0 Å². The summed E-state index contributed by atoms with van der Waals surface area (Å²) in [6.45, 7) is 5.33. The number of nitrogens with two attached hydrogens (primary N) is 1. The topological polar surface area (TPSA) is 130 Å². The molecule has 9 nitrogen and oxygen atoms in total. The molecule has 1 aromatic heterocycles. The predicted octanol–water partition coefficient (Wildman–Crippen LogP) is 2.57. The second kappa shape index (κ2) is 9.19. The normalized spacial score (nSPS) is 14.5. The third kappa shape index (κ3) is 5.15. The molecular weight excluding hydrogens is 450 g/mol. The summed E-state index contributed by atoms with van der Waals surface area (Å²) in [5.41, 5.74) is 6.89. The maximum Gasteiger partial charge on any atom is 0.333 e. The van der Waals surface area contributed by atoms with Crippen molar-refractivity contribution in [2.45, 2.75) is 39.0 Å². The average Bonchev–Trinajstić information content (AvgIpc) is 3.34. The van der Waals surface area contributed by atoms with Crippen molar-refractivity contribution in [1.29, 1.82) is 0 Å². The molecule has 180 valence electrons. The third-order valence-corrected chi connectivity index (χ3v) is 5.24. The fraction of sp³-hybridized carbons (Fsp3) is 0.231. The standard InChI is InChI=1S/C26H25N3O6/c1-26(2,3)35-25(33)22(27)24(32)29-13-19(18-12-21(30)28-23(18)31)17-11-16(9-10-20(17)29)34-14-15-7-5-4-6-8-15/h4-13,22H,14,27H2,1-3H3,(H,28,30,31). The van der Waals surface area contributed by atoms with Crippen molar-refractivity contribution in [3.63, 3.8) is 0 Å². The van der Waals surface area contributed by atoms with E-state index in [2.05, 4.69) is 5.32 Å². The minimum Gasteiger partial charge on any atom is -0.489 e. The Morgan fingerprint density at radius 3 is 2.43 bits per heavy atom. The Balaban J connectivity index is 1.73. The highest BCUT2D eigenvalue weighted by atomic mass is 16.6. The first-order valence-electron chi connectivity index (χ1n) is 11.0. The Hall–Kier alpha value is -4.24. The van der Waals surface area contributed by atoms with Gasteiger partial charge in [-0.3, -0.25) is 24.3 Å². The summed E-state index contributed by atoms with van der Waals surface area (Å²) in [7, 11) is 0. The van der Waals surface area contributed by atoms with Gasteiger partial charge in [-0.2, -0.15) is 0 Å². The molecule has 0 saturated carbocycles. The van der Waals surface area contributed by atoms with Crippen LogP contribution in [0.2, 0.25) is 0 Å². The smallest absolute Gasteiger partial charge is 0.333 e. The summed E-state index contributed by atoms with van der Waals surface area (Å²) < 4.78 is 12.3. The lowest BCUT2D eigenvalue weighted by Gasteiger charge is -2.21. The highest BCUT2D eigenvalue weighted by Gasteiger charge is 2.32. The number of amides is 2. The van der Waals surface area contributed by atoms with Gasteiger partial charge < -0.3 is 15.2 Å². The maximum atomic E-state index is 13.2. The molecule has 2 aromatic carbocycles. The molecule has 3 N–H and O–H groups in total. The number of benzene rings is 2. The largest absolute Gasteiger partial charge is 0.489 e. The summed E-state index contributed by atoms with van der Waals surface area (Å²) in [4.78, 5) is 49.8. The number of aromatic nitrogens is 1. The zero-order valence-corrected chi connectivity index (χ0v) is 19.5. The number of hydrogen-bond donors (Lipinski definition) is 2. The van der Waals surface area contributed by atoms with Crippen LogP contribution < -0.4 is 15.8 Å². The maximum absolute atomic E-state index is 13.2. The molecule has 0 bridgehead atoms. The van der Waals surface area contributed by atoms with Gasteiger partial charge in [0.05, 0.1) is 11.1 Å². The van der Waals surface area contributed by atoms with Crippen LogP contribution in [-0.4, -0.2) is 39.9 Å². The molecule has 1 aliphatic heterocycles. The fourth-order valence-electron chi connectivity index (χ4n) is 3.66. The SMILES string of the molecule is CC(C)(C)OC(=O)C(N)C(=O)n1cc(C2=CC(=O)NC2=O)c2cc(OCc3ccccc3)ccc21. The lowest BCUT2D eigenvalue weighted by molar-refractivity contribution is -0.155. The van der Waals surface area contributed by atoms with E-state index in [0.717, 1.165) is 11.6 Å². The van der Waals surface area contributed by atoms with Crippen molar-refractivity contribution in [2.24, 2.45) is 5.73 Å². The molecular formula is C26H25N3O6. The van der Waals surface area contributed by atoms with E-state index in [-0.39, 0.29) is 5.57 Å². The minimum absolute atomic E-state index is 0.0950. The second-order valence-electron chi connectivity index (χ2n) is 9.09. The zero-order valence-electron chi connectivity index (χ0n) is 19.5. The number of rotatable bonds is 6. The molecule has 3 aromatic rings. The summed E-state index contributed by atoms with van der Waals surface area (Å²) in [6.07, 6.45) is 2.55. The van der Waals surface area contributed by atoms with Crippen LogP contribution in [0, 0.1) is 0 Å². The molecule has 0 aliphatic carbocycles. The van der Waals surface area contributed by atoms with Gasteiger partial charge in [0.25, 0.3) is 17.7 Å². The number of esters is 1. The molecule has 0 saturated heterocycles. The van der Waals surface area contributed by atoms with Gasteiger partial charge in [-0.05, 0) is 44.5 Å². The van der Waals surface area contributed by atoms with Gasteiger partial charge in [0.2, 0.25) is 0 Å². The number of nitrogens with one attached hydrogen (secondary N) is 1. The molecule has 1 unspecified atom stereocenters. The molecule has 0 spiro atoms. The Morgan fingerprint density at radius 2 is 1.80 bits per heavy atom. The Bertz CT molecular complexity index is 1360. The van der Waals surface area contributed by atoms with Crippen molar-refractivity contribution < 1.29 is 28.7 Å². The summed E-state index contributed by atoms with van der Waals surface area (Å²) in [5.74, 6) is -2.26. The lowest BCUT2D eigenvalue weighted by Crippen LogP contribution is -2.45. The molecule has 0 radical (unpaired) electrons. The quantitative estimate of drug-likeness (QED) is 0.318. The van der Waals surface area contributed by atoms with E-state index in [9.17, 15) is 19.2 Å². The van der Waals surface area contributed by atoms with Crippen LogP contribution in [0.3, 0.4) is 0 Å². The average molecular weight is 476 g/mol. The van der Waals surface area contributed by atoms with Crippen LogP contribution in [0.25, 0.3) is 16.5 Å². The van der Waals surface area contributed by atoms with Gasteiger partial charge in [0.15, 0.2) is 6.04 Å². The Morgan fingerprint density at radius 1 is 1.09 bits per heavy atom. The van der Waals surface area contributed by atoms with Crippen LogP contribution in [0.4, 0.5) is 0 Å². The molecule has 9 heteroatoms. The van der Waals surface area contributed by atoms with Gasteiger partial charge in [-0.25, -0.2) is 4.79 Å². The van der Waals surface area contributed by atoms with E-state index in [1.807, 2.05) is 30.3 Å². The van der Waals surface area contributed by atoms with Crippen LogP contribution in [0.1, 0.15) is 36.7 Å². The van der Waals surface area contributed by atoms with Crippen molar-refractivity contribution in [1.82, 2.24) is 9.88 Å². The molecule has 0 fully saturated rings. The third-order valence-electron chi connectivity index (χ3n) is 5.24. The van der Waals surface area contributed by atoms with Crippen LogP contribution in [-0.2, 0) is 25.7 Å². The van der Waals surface area contributed by atoms with Crippen LogP contribution in [0.5, 0.6) is 5.75 Å². The van der Waals surface area contributed by atoms with E-state index < -0.39 is 35.3 Å². The van der Waals surface area contributed by atoms with Gasteiger partial charge in [0, 0.05) is 23.2 Å². The van der Waals surface area contributed by atoms with E-state index in [0.29, 0.717) is 28.8 Å². The highest BCUT2D eigenvalue weighted by molar-refractivity contribution is 6.35. The molecule has 1 atom stereocenters. The van der Waals surface area contributed by atoms with Gasteiger partial charge in [-0.1, -0.05) is 30.3 Å². The number of hydrogen-bond acceptors (Lipinski definition) is 7. The summed E-state index contributed by atoms with van der Waals surface area (Å²) >= 11 is 0. The molecule has 2 amide bonds. The summed E-state index contributed by atoms with van der Waals surface area (Å²) in [5, 5.41) is 2.68. The molecule has 1 aliphatic rings. The first-order chi connectivity index (χ1) is 16.5. The van der Waals surface area contributed by atoms with Crippen molar-refractivity contribution >= 4 is 40.2 Å². The highest BCUT2D eigenvalue weighted by Crippen LogP contribution is 2.32. The first kappa shape index (κ1) is 23.9. The predicted molar refractivity (Wildman–Crippen MR) is 128 cm³/mol. The van der Waals surface area contributed by atoms with E-state index in [4.69, 9.17) is 15.2 Å². The van der Waals surface area contributed by atoms with Crippen LogP contribution in [0.15, 0.2) is 60.8 Å². The van der Waals surface area contributed by atoms with Crippen LogP contribution >= 0.6 is 0 Å². The number of carbonyl (C=O) groups excluding carboxylic acids is 4. The monoisotopic (exact) mass is 475 g/mol. The van der Waals surface area contributed by atoms with Crippen molar-refractivity contribution in [3.8, 4) is 5.75 Å². The minimum atomic E-state index is -1.58. The zero-order chi connectivity index (χ0) is 25.3. The number of nitrogens with zero attached hydrogens (tertiary/aromatic N) is 1. The van der Waals surface area contributed by atoms with Crippen molar-refractivity contribution in [3.05, 3.63) is 71.9 Å². The Kier molecular flexibility index (Phi) is 6.27. The molecule has 4 rings (SSSR count). The molecule has 35 heavy (non-hydrogen) atoms.